The second kappa shape index (κ2) is 9.93. The van der Waals surface area contributed by atoms with Crippen molar-refractivity contribution in [1.29, 1.82) is 0 Å². The molecule has 8 nitrogen and oxygen atoms in total. The van der Waals surface area contributed by atoms with Crippen LogP contribution in [-0.4, -0.2) is 54.1 Å². The van der Waals surface area contributed by atoms with Crippen molar-refractivity contribution in [2.45, 2.75) is 46.0 Å². The lowest BCUT2D eigenvalue weighted by Crippen LogP contribution is -2.57. The monoisotopic (exact) mass is 469 g/mol. The zero-order chi connectivity index (χ0) is 25.1. The third-order valence-corrected chi connectivity index (χ3v) is 6.48. The number of carboxylic acids is 2. The molecule has 0 amide bonds. The summed E-state index contributed by atoms with van der Waals surface area (Å²) < 4.78 is 5.40. The number of ketones is 2. The van der Waals surface area contributed by atoms with Gasteiger partial charge in [-0.05, 0) is 34.2 Å². The van der Waals surface area contributed by atoms with Crippen molar-refractivity contribution in [1.82, 2.24) is 0 Å². The van der Waals surface area contributed by atoms with Gasteiger partial charge in [-0.3, -0.25) is 19.2 Å². The molecule has 1 saturated carbocycles. The second-order valence-corrected chi connectivity index (χ2v) is 9.81. The molecule has 1 spiro atoms. The third kappa shape index (κ3) is 5.28. The van der Waals surface area contributed by atoms with Crippen LogP contribution in [0.25, 0.3) is 10.8 Å². The maximum atomic E-state index is 13.2. The number of rotatable bonds is 5. The summed E-state index contributed by atoms with van der Waals surface area (Å²) in [6.45, 7) is 4.81. The summed E-state index contributed by atoms with van der Waals surface area (Å²) in [4.78, 5) is 47.7. The smallest absolute Gasteiger partial charge is 0.303 e. The molecule has 182 valence electrons. The van der Waals surface area contributed by atoms with Gasteiger partial charge in [-0.25, -0.2) is 0 Å². The fourth-order valence-corrected chi connectivity index (χ4v) is 4.86. The molecule has 2 aromatic rings. The number of aliphatic carboxylic acids is 2. The zero-order valence-corrected chi connectivity index (χ0v) is 19.8. The van der Waals surface area contributed by atoms with E-state index in [2.05, 4.69) is 29.2 Å². The van der Waals surface area contributed by atoms with Crippen LogP contribution in [0.15, 0.2) is 36.4 Å². The highest BCUT2D eigenvalue weighted by atomic mass is 16.5. The van der Waals surface area contributed by atoms with Gasteiger partial charge in [0.05, 0.1) is 12.8 Å². The van der Waals surface area contributed by atoms with Crippen LogP contribution < -0.4 is 4.90 Å². The van der Waals surface area contributed by atoms with E-state index in [0.717, 1.165) is 22.0 Å². The Kier molecular flexibility index (Phi) is 7.41. The van der Waals surface area contributed by atoms with E-state index < -0.39 is 17.4 Å². The van der Waals surface area contributed by atoms with Gasteiger partial charge in [0.2, 0.25) is 0 Å². The van der Waals surface area contributed by atoms with Crippen molar-refractivity contribution in [2.75, 3.05) is 25.3 Å². The lowest BCUT2D eigenvalue weighted by molar-refractivity contribution is -0.148. The Morgan fingerprint density at radius 1 is 0.941 bits per heavy atom. The number of nitrogens with zero attached hydrogens (tertiary/aromatic N) is 1. The molecular weight excluding hydrogens is 438 g/mol. The Hall–Kier alpha value is -3.26. The molecule has 0 saturated heterocycles. The van der Waals surface area contributed by atoms with Gasteiger partial charge in [0.25, 0.3) is 0 Å². The standard InChI is InChI=1S/C22H25NO3.C4H6O4/c1-21(2)11-19(24)22(20(25)12-21)10-17-16-7-5-4-6-15(16)8-9-18(17)23(13-22)14-26-3;5-3(6)1-2-4(7)8/h4-9H,10-14H2,1-3H3;1-2H2,(H,5,6)(H,7,8). The Bertz CT molecular complexity index is 1090. The Balaban J connectivity index is 0.000000350. The lowest BCUT2D eigenvalue weighted by atomic mass is 9.60. The van der Waals surface area contributed by atoms with Crippen LogP contribution in [0.5, 0.6) is 0 Å². The molecule has 1 fully saturated rings. The number of carbonyl (C=O) groups is 4. The maximum Gasteiger partial charge on any atom is 0.303 e. The average molecular weight is 470 g/mol. The number of ether oxygens (including phenoxy) is 1. The minimum atomic E-state index is -1.08. The largest absolute Gasteiger partial charge is 0.481 e. The van der Waals surface area contributed by atoms with E-state index in [-0.39, 0.29) is 29.8 Å². The fourth-order valence-electron chi connectivity index (χ4n) is 4.86. The molecule has 0 atom stereocenters. The van der Waals surface area contributed by atoms with E-state index in [1.807, 2.05) is 26.0 Å². The van der Waals surface area contributed by atoms with Crippen LogP contribution >= 0.6 is 0 Å². The van der Waals surface area contributed by atoms with E-state index in [9.17, 15) is 19.2 Å². The van der Waals surface area contributed by atoms with E-state index in [1.54, 1.807) is 7.11 Å². The number of benzene rings is 2. The van der Waals surface area contributed by atoms with Crippen LogP contribution in [0.3, 0.4) is 0 Å². The predicted molar refractivity (Wildman–Crippen MR) is 127 cm³/mol. The van der Waals surface area contributed by atoms with Gasteiger partial charge >= 0.3 is 11.9 Å². The summed E-state index contributed by atoms with van der Waals surface area (Å²) >= 11 is 0. The van der Waals surface area contributed by atoms with Crippen LogP contribution in [0.1, 0.15) is 45.1 Å². The van der Waals surface area contributed by atoms with Gasteiger partial charge in [-0.1, -0.05) is 44.2 Å². The van der Waals surface area contributed by atoms with Gasteiger partial charge in [-0.15, -0.1) is 0 Å². The predicted octanol–water partition coefficient (Wildman–Crippen LogP) is 3.69. The number of hydrogen-bond acceptors (Lipinski definition) is 6. The maximum absolute atomic E-state index is 13.2. The Morgan fingerprint density at radius 3 is 2.09 bits per heavy atom. The summed E-state index contributed by atoms with van der Waals surface area (Å²) in [6, 6.07) is 12.4. The van der Waals surface area contributed by atoms with E-state index in [0.29, 0.717) is 32.5 Å². The molecule has 2 aromatic carbocycles. The van der Waals surface area contributed by atoms with Crippen molar-refractivity contribution >= 4 is 40.0 Å². The molecule has 0 unspecified atom stereocenters. The summed E-state index contributed by atoms with van der Waals surface area (Å²) in [5.41, 5.74) is 0.977. The first-order valence-electron chi connectivity index (χ1n) is 11.2. The number of anilines is 1. The highest BCUT2D eigenvalue weighted by molar-refractivity contribution is 6.11. The Labute approximate surface area is 198 Å². The van der Waals surface area contributed by atoms with Gasteiger partial charge < -0.3 is 19.8 Å². The minimum absolute atomic E-state index is 0.0819. The SMILES string of the molecule is COCN1CC2(Cc3c1ccc1ccccc31)C(=O)CC(C)(C)CC2=O.O=C(O)CCC(=O)O. The van der Waals surface area contributed by atoms with Crippen molar-refractivity contribution in [3.63, 3.8) is 0 Å². The number of carboxylic acid groups (broad SMARTS) is 2. The molecule has 34 heavy (non-hydrogen) atoms. The molecule has 8 heteroatoms. The molecular formula is C26H31NO7. The molecule has 2 aliphatic rings. The van der Waals surface area contributed by atoms with Gasteiger partial charge in [0, 0.05) is 32.2 Å². The van der Waals surface area contributed by atoms with Crippen molar-refractivity contribution < 1.29 is 34.1 Å². The van der Waals surface area contributed by atoms with Gasteiger partial charge in [-0.2, -0.15) is 0 Å². The van der Waals surface area contributed by atoms with Crippen molar-refractivity contribution in [3.8, 4) is 0 Å². The number of fused-ring (bicyclic) bond motifs is 3. The first-order valence-corrected chi connectivity index (χ1v) is 11.2. The quantitative estimate of drug-likeness (QED) is 0.636. The highest BCUT2D eigenvalue weighted by Crippen LogP contribution is 2.48. The molecule has 0 radical (unpaired) electrons. The zero-order valence-electron chi connectivity index (χ0n) is 19.8. The molecule has 1 aliphatic heterocycles. The normalized spacial score (nSPS) is 18.3. The van der Waals surface area contributed by atoms with Crippen LogP contribution in [0.4, 0.5) is 5.69 Å². The fraction of sp³-hybridized carbons (Fsp3) is 0.462. The van der Waals surface area contributed by atoms with Crippen molar-refractivity contribution in [2.24, 2.45) is 10.8 Å². The van der Waals surface area contributed by atoms with Crippen LogP contribution in [0.2, 0.25) is 0 Å². The molecule has 2 N–H and O–H groups in total. The highest BCUT2D eigenvalue weighted by Gasteiger charge is 2.54. The minimum Gasteiger partial charge on any atom is -0.481 e. The van der Waals surface area contributed by atoms with E-state index in [4.69, 9.17) is 14.9 Å². The van der Waals surface area contributed by atoms with E-state index in [1.165, 1.54) is 0 Å². The van der Waals surface area contributed by atoms with Gasteiger partial charge in [0.1, 0.15) is 23.7 Å². The number of Topliss-reactive ketones (excluding diaryl/α,β-unsaturated/α-hetero) is 2. The number of methoxy groups -OCH3 is 1. The summed E-state index contributed by atoms with van der Waals surface area (Å²) in [6.07, 6.45) is 0.821. The number of carbonyl (C=O) groups excluding carboxylic acids is 2. The summed E-state index contributed by atoms with van der Waals surface area (Å²) in [5.74, 6) is -1.99. The number of hydrogen-bond donors (Lipinski definition) is 2. The van der Waals surface area contributed by atoms with Crippen LogP contribution in [0, 0.1) is 10.8 Å². The molecule has 4 rings (SSSR count). The van der Waals surface area contributed by atoms with Gasteiger partial charge in [0.15, 0.2) is 0 Å². The third-order valence-electron chi connectivity index (χ3n) is 6.48. The molecule has 1 aliphatic carbocycles. The average Bonchev–Trinajstić information content (AvgIpc) is 2.76. The topological polar surface area (TPSA) is 121 Å². The molecule has 1 heterocycles. The summed E-state index contributed by atoms with van der Waals surface area (Å²) in [5, 5.41) is 18.1. The first kappa shape index (κ1) is 25.4. The van der Waals surface area contributed by atoms with Crippen molar-refractivity contribution in [3.05, 3.63) is 42.0 Å². The first-order chi connectivity index (χ1) is 16.0. The summed E-state index contributed by atoms with van der Waals surface area (Å²) in [7, 11) is 1.65. The van der Waals surface area contributed by atoms with E-state index >= 15 is 0 Å². The molecule has 0 bridgehead atoms. The second-order valence-electron chi connectivity index (χ2n) is 9.81. The lowest BCUT2D eigenvalue weighted by Gasteiger charge is -2.47. The van der Waals surface area contributed by atoms with Crippen LogP contribution in [-0.2, 0) is 30.3 Å². The molecule has 0 aromatic heterocycles. The Morgan fingerprint density at radius 2 is 1.53 bits per heavy atom.